The summed E-state index contributed by atoms with van der Waals surface area (Å²) < 4.78 is 10.7. The Labute approximate surface area is 132 Å². The van der Waals surface area contributed by atoms with Crippen LogP contribution in [0.25, 0.3) is 0 Å². The van der Waals surface area contributed by atoms with Gasteiger partial charge in [0.05, 0.1) is 13.7 Å². The average Bonchev–Trinajstić information content (AvgIpc) is 3.04. The second kappa shape index (κ2) is 8.99. The maximum Gasteiger partial charge on any atom is 0.221 e. The van der Waals surface area contributed by atoms with Crippen molar-refractivity contribution in [2.45, 2.75) is 32.1 Å². The second-order valence-electron chi connectivity index (χ2n) is 5.42. The molecule has 0 unspecified atom stereocenters. The van der Waals surface area contributed by atoms with Crippen molar-refractivity contribution in [2.75, 3.05) is 20.3 Å². The Hall–Kier alpha value is -2.15. The number of hydrogen-bond acceptors (Lipinski definition) is 3. The third kappa shape index (κ3) is 5.33. The minimum atomic E-state index is 0.104. The molecule has 0 saturated heterocycles. The molecule has 0 radical (unpaired) electrons. The molecular formula is C18H23NO3. The molecule has 4 heteroatoms. The van der Waals surface area contributed by atoms with E-state index < -0.39 is 0 Å². The van der Waals surface area contributed by atoms with Crippen molar-refractivity contribution >= 4 is 5.91 Å². The maximum atomic E-state index is 11.7. The van der Waals surface area contributed by atoms with Gasteiger partial charge in [-0.05, 0) is 30.9 Å². The minimum Gasteiger partial charge on any atom is -0.493 e. The molecule has 0 heterocycles. The van der Waals surface area contributed by atoms with E-state index in [2.05, 4.69) is 17.2 Å². The van der Waals surface area contributed by atoms with E-state index in [1.165, 1.54) is 25.7 Å². The molecule has 118 valence electrons. The van der Waals surface area contributed by atoms with Crippen molar-refractivity contribution in [1.29, 1.82) is 0 Å². The lowest BCUT2D eigenvalue weighted by molar-refractivity contribution is -0.121. The molecule has 1 amide bonds. The highest BCUT2D eigenvalue weighted by Crippen LogP contribution is 2.27. The SMILES string of the molecule is COc1ccccc1OCC#CCNC(=O)CC1CCCC1. The Morgan fingerprint density at radius 2 is 1.95 bits per heavy atom. The summed E-state index contributed by atoms with van der Waals surface area (Å²) in [5, 5.41) is 2.84. The van der Waals surface area contributed by atoms with E-state index in [0.717, 1.165) is 0 Å². The molecule has 1 aliphatic rings. The first-order valence-corrected chi connectivity index (χ1v) is 7.78. The van der Waals surface area contributed by atoms with Gasteiger partial charge in [-0.1, -0.05) is 36.8 Å². The Morgan fingerprint density at radius 1 is 1.23 bits per heavy atom. The van der Waals surface area contributed by atoms with Crippen LogP contribution in [0.1, 0.15) is 32.1 Å². The Balaban J connectivity index is 1.63. The van der Waals surface area contributed by atoms with Crippen molar-refractivity contribution < 1.29 is 14.3 Å². The van der Waals surface area contributed by atoms with Crippen molar-refractivity contribution in [3.8, 4) is 23.3 Å². The Morgan fingerprint density at radius 3 is 2.68 bits per heavy atom. The van der Waals surface area contributed by atoms with Crippen LogP contribution in [0.2, 0.25) is 0 Å². The number of carbonyl (C=O) groups excluding carboxylic acids is 1. The highest BCUT2D eigenvalue weighted by Gasteiger charge is 2.17. The maximum absolute atomic E-state index is 11.7. The molecule has 2 rings (SSSR count). The zero-order valence-electron chi connectivity index (χ0n) is 13.1. The molecule has 0 bridgehead atoms. The van der Waals surface area contributed by atoms with Crippen molar-refractivity contribution in [3.63, 3.8) is 0 Å². The summed E-state index contributed by atoms with van der Waals surface area (Å²) in [6.07, 6.45) is 5.53. The van der Waals surface area contributed by atoms with Gasteiger partial charge in [-0.3, -0.25) is 4.79 Å². The van der Waals surface area contributed by atoms with E-state index >= 15 is 0 Å². The molecule has 1 aromatic rings. The largest absolute Gasteiger partial charge is 0.493 e. The van der Waals surface area contributed by atoms with E-state index in [-0.39, 0.29) is 12.5 Å². The predicted molar refractivity (Wildman–Crippen MR) is 85.8 cm³/mol. The molecule has 1 fully saturated rings. The van der Waals surface area contributed by atoms with Crippen molar-refractivity contribution in [3.05, 3.63) is 24.3 Å². The third-order valence-electron chi connectivity index (χ3n) is 3.82. The number of rotatable bonds is 6. The van der Waals surface area contributed by atoms with E-state index in [0.29, 0.717) is 30.4 Å². The fourth-order valence-corrected chi connectivity index (χ4v) is 2.66. The third-order valence-corrected chi connectivity index (χ3v) is 3.82. The average molecular weight is 301 g/mol. The zero-order valence-corrected chi connectivity index (χ0v) is 13.1. The number of para-hydroxylation sites is 2. The number of benzene rings is 1. The van der Waals surface area contributed by atoms with E-state index in [9.17, 15) is 4.79 Å². The molecule has 1 saturated carbocycles. The molecule has 1 N–H and O–H groups in total. The van der Waals surface area contributed by atoms with Gasteiger partial charge in [0.1, 0.15) is 6.61 Å². The summed E-state index contributed by atoms with van der Waals surface area (Å²) in [5.74, 6) is 7.83. The number of ether oxygens (including phenoxy) is 2. The normalized spacial score (nSPS) is 14.0. The van der Waals surface area contributed by atoms with Crippen molar-refractivity contribution in [2.24, 2.45) is 5.92 Å². The van der Waals surface area contributed by atoms with Gasteiger partial charge in [0.25, 0.3) is 0 Å². The molecule has 0 aliphatic heterocycles. The molecular weight excluding hydrogens is 278 g/mol. The van der Waals surface area contributed by atoms with Crippen molar-refractivity contribution in [1.82, 2.24) is 5.32 Å². The first-order chi connectivity index (χ1) is 10.8. The van der Waals surface area contributed by atoms with E-state index in [1.807, 2.05) is 24.3 Å². The fourth-order valence-electron chi connectivity index (χ4n) is 2.66. The zero-order chi connectivity index (χ0) is 15.6. The molecule has 0 atom stereocenters. The van der Waals surface area contributed by atoms with E-state index in [4.69, 9.17) is 9.47 Å². The van der Waals surface area contributed by atoms with Crippen LogP contribution >= 0.6 is 0 Å². The molecule has 22 heavy (non-hydrogen) atoms. The van der Waals surface area contributed by atoms with Crippen LogP contribution < -0.4 is 14.8 Å². The summed E-state index contributed by atoms with van der Waals surface area (Å²) in [4.78, 5) is 11.7. The molecule has 1 aromatic carbocycles. The van der Waals surface area contributed by atoms with Crippen LogP contribution in [-0.2, 0) is 4.79 Å². The highest BCUT2D eigenvalue weighted by atomic mass is 16.5. The van der Waals surface area contributed by atoms with Gasteiger partial charge in [-0.2, -0.15) is 0 Å². The highest BCUT2D eigenvalue weighted by molar-refractivity contribution is 5.76. The lowest BCUT2D eigenvalue weighted by Crippen LogP contribution is -2.25. The summed E-state index contributed by atoms with van der Waals surface area (Å²) in [6.45, 7) is 0.652. The summed E-state index contributed by atoms with van der Waals surface area (Å²) >= 11 is 0. The Kier molecular flexibility index (Phi) is 6.63. The van der Waals surface area contributed by atoms with Crippen LogP contribution in [0.4, 0.5) is 0 Å². The smallest absolute Gasteiger partial charge is 0.221 e. The number of methoxy groups -OCH3 is 1. The van der Waals surface area contributed by atoms with E-state index in [1.54, 1.807) is 7.11 Å². The first kappa shape index (κ1) is 16.2. The number of amides is 1. The van der Waals surface area contributed by atoms with Gasteiger partial charge < -0.3 is 14.8 Å². The molecule has 0 aromatic heterocycles. The van der Waals surface area contributed by atoms with Gasteiger partial charge in [-0.25, -0.2) is 0 Å². The van der Waals surface area contributed by atoms with Crippen LogP contribution in [0.15, 0.2) is 24.3 Å². The molecule has 4 nitrogen and oxygen atoms in total. The molecule has 0 spiro atoms. The predicted octanol–water partition coefficient (Wildman–Crippen LogP) is 2.77. The van der Waals surface area contributed by atoms with Crippen LogP contribution in [0.3, 0.4) is 0 Å². The fraction of sp³-hybridized carbons (Fsp3) is 0.500. The summed E-state index contributed by atoms with van der Waals surface area (Å²) in [7, 11) is 1.60. The number of nitrogens with one attached hydrogen (secondary N) is 1. The number of carbonyl (C=O) groups is 1. The second-order valence-corrected chi connectivity index (χ2v) is 5.42. The number of hydrogen-bond donors (Lipinski definition) is 1. The Bertz CT molecular complexity index is 539. The summed E-state index contributed by atoms with van der Waals surface area (Å²) in [6, 6.07) is 7.45. The monoisotopic (exact) mass is 301 g/mol. The van der Waals surface area contributed by atoms with Gasteiger partial charge in [0, 0.05) is 6.42 Å². The quantitative estimate of drug-likeness (QED) is 0.822. The standard InChI is InChI=1S/C18H23NO3/c1-21-16-10-4-5-11-17(16)22-13-7-6-12-19-18(20)14-15-8-2-3-9-15/h4-5,10-11,15H,2-3,8-9,12-14H2,1H3,(H,19,20). The van der Waals surface area contributed by atoms with Gasteiger partial charge in [0.15, 0.2) is 11.5 Å². The molecule has 1 aliphatic carbocycles. The lowest BCUT2D eigenvalue weighted by atomic mass is 10.0. The van der Waals surface area contributed by atoms with Crippen LogP contribution in [0.5, 0.6) is 11.5 Å². The van der Waals surface area contributed by atoms with Gasteiger partial charge >= 0.3 is 0 Å². The topological polar surface area (TPSA) is 47.6 Å². The van der Waals surface area contributed by atoms with Crippen LogP contribution in [0, 0.1) is 17.8 Å². The first-order valence-electron chi connectivity index (χ1n) is 7.78. The van der Waals surface area contributed by atoms with Crippen LogP contribution in [-0.4, -0.2) is 26.2 Å². The minimum absolute atomic E-state index is 0.104. The lowest BCUT2D eigenvalue weighted by Gasteiger charge is -2.07. The van der Waals surface area contributed by atoms with Gasteiger partial charge in [-0.15, -0.1) is 0 Å². The van der Waals surface area contributed by atoms with Gasteiger partial charge in [0.2, 0.25) is 5.91 Å². The summed E-state index contributed by atoms with van der Waals surface area (Å²) in [5.41, 5.74) is 0.